The van der Waals surface area contributed by atoms with E-state index in [-0.39, 0.29) is 12.0 Å². The van der Waals surface area contributed by atoms with E-state index in [9.17, 15) is 4.79 Å². The number of hydrogen-bond donors (Lipinski definition) is 1. The lowest BCUT2D eigenvalue weighted by atomic mass is 9.76. The summed E-state index contributed by atoms with van der Waals surface area (Å²) < 4.78 is 5.14. The van der Waals surface area contributed by atoms with E-state index in [0.29, 0.717) is 30.6 Å². The highest BCUT2D eigenvalue weighted by Gasteiger charge is 2.32. The number of nitrogens with zero attached hydrogens (tertiary/aromatic N) is 2. The second kappa shape index (κ2) is 16.3. The largest absolute Gasteiger partial charge is 0.450 e. The summed E-state index contributed by atoms with van der Waals surface area (Å²) in [4.78, 5) is 18.5. The number of pyridine rings is 1. The van der Waals surface area contributed by atoms with Crippen molar-refractivity contribution in [3.05, 3.63) is 71.0 Å². The van der Waals surface area contributed by atoms with E-state index in [2.05, 4.69) is 37.5 Å². The van der Waals surface area contributed by atoms with Crippen LogP contribution in [0, 0.1) is 5.92 Å². The number of ether oxygens (including phenoxy) is 1. The Morgan fingerprint density at radius 3 is 2.39 bits per heavy atom. The van der Waals surface area contributed by atoms with Gasteiger partial charge in [0.15, 0.2) is 0 Å². The number of unbranched alkanes of at least 4 members (excludes halogenated alkanes) is 1. The summed E-state index contributed by atoms with van der Waals surface area (Å²) in [5, 5.41) is 7.70. The number of piperidine rings is 1. The zero-order chi connectivity index (χ0) is 24.6. The fraction of sp³-hybridized carbons (Fsp3) is 0.481. The van der Waals surface area contributed by atoms with Gasteiger partial charge in [0.05, 0.1) is 6.61 Å². The number of likely N-dealkylation sites (tertiary alicyclic amines) is 1. The molecular weight excluding hydrogens is 436 g/mol. The first-order valence-corrected chi connectivity index (χ1v) is 12.1. The third-order valence-electron chi connectivity index (χ3n) is 5.65. The van der Waals surface area contributed by atoms with Crippen LogP contribution in [-0.4, -0.2) is 47.9 Å². The average molecular weight is 475 g/mol. The van der Waals surface area contributed by atoms with E-state index in [1.54, 1.807) is 4.90 Å². The number of halogens is 1. The van der Waals surface area contributed by atoms with Gasteiger partial charge in [-0.05, 0) is 61.1 Å². The molecule has 1 unspecified atom stereocenters. The van der Waals surface area contributed by atoms with Gasteiger partial charge in [-0.1, -0.05) is 63.1 Å². The van der Waals surface area contributed by atoms with Gasteiger partial charge in [0.25, 0.3) is 0 Å². The number of benzene rings is 1. The average Bonchev–Trinajstić information content (AvgIpc) is 2.87. The van der Waals surface area contributed by atoms with Gasteiger partial charge >= 0.3 is 6.09 Å². The summed E-state index contributed by atoms with van der Waals surface area (Å²) in [6, 6.07) is 12.0. The summed E-state index contributed by atoms with van der Waals surface area (Å²) in [5.41, 5.74) is 3.26. The molecule has 0 spiro atoms. The second-order valence-corrected chi connectivity index (χ2v) is 8.17. The summed E-state index contributed by atoms with van der Waals surface area (Å²) in [7, 11) is 1.00. The standard InChI is InChI=1S/C22H25ClN2O2.C4H10.CH4O/c1-3-16-15-18(23)8-9-19(16)21(20-7-5-6-12-24-20)17-10-13-25(14-11-17)22(26)27-4-2;1-3-4-2;1-2/h3,5-9,12,15,17,21H,1,4,10-11,13-14H2,2H3;3-4H2,1-2H3;2H,1H3. The van der Waals surface area contributed by atoms with Crippen LogP contribution in [0.15, 0.2) is 49.2 Å². The molecule has 5 nitrogen and oxygen atoms in total. The molecule has 182 valence electrons. The molecule has 0 bridgehead atoms. The van der Waals surface area contributed by atoms with Crippen LogP contribution in [0.25, 0.3) is 6.08 Å². The highest BCUT2D eigenvalue weighted by Crippen LogP contribution is 2.39. The molecule has 1 saturated heterocycles. The minimum absolute atomic E-state index is 0.140. The summed E-state index contributed by atoms with van der Waals surface area (Å²) in [6.45, 7) is 12.0. The number of carbonyl (C=O) groups is 1. The topological polar surface area (TPSA) is 62.7 Å². The van der Waals surface area contributed by atoms with Crippen LogP contribution in [0.1, 0.15) is 69.2 Å². The number of aromatic nitrogens is 1. The molecule has 33 heavy (non-hydrogen) atoms. The Hall–Kier alpha value is -2.37. The molecule has 3 rings (SSSR count). The van der Waals surface area contributed by atoms with E-state index >= 15 is 0 Å². The van der Waals surface area contributed by atoms with Gasteiger partial charge in [-0.2, -0.15) is 0 Å². The maximum atomic E-state index is 12.0. The molecule has 0 saturated carbocycles. The molecule has 1 aliphatic heterocycles. The van der Waals surface area contributed by atoms with Crippen molar-refractivity contribution in [2.24, 2.45) is 5.92 Å². The van der Waals surface area contributed by atoms with Crippen LogP contribution in [0.4, 0.5) is 4.79 Å². The Balaban J connectivity index is 0.000000820. The van der Waals surface area contributed by atoms with Gasteiger partial charge in [-0.25, -0.2) is 4.79 Å². The molecule has 1 N–H and O–H groups in total. The Morgan fingerprint density at radius 1 is 1.21 bits per heavy atom. The third-order valence-corrected chi connectivity index (χ3v) is 5.88. The van der Waals surface area contributed by atoms with Gasteiger partial charge < -0.3 is 14.7 Å². The summed E-state index contributed by atoms with van der Waals surface area (Å²) >= 11 is 6.19. The van der Waals surface area contributed by atoms with Crippen molar-refractivity contribution in [3.8, 4) is 0 Å². The van der Waals surface area contributed by atoms with Crippen LogP contribution in [0.2, 0.25) is 5.02 Å². The lowest BCUT2D eigenvalue weighted by Gasteiger charge is -2.36. The molecule has 1 amide bonds. The van der Waals surface area contributed by atoms with Gasteiger partial charge in [0, 0.05) is 43.0 Å². The molecule has 2 heterocycles. The SMILES string of the molecule is C=Cc1cc(Cl)ccc1C(c1ccccn1)C1CCN(C(=O)OCC)CC1.CCCC.CO. The highest BCUT2D eigenvalue weighted by molar-refractivity contribution is 6.30. The summed E-state index contributed by atoms with van der Waals surface area (Å²) in [5.74, 6) is 0.520. The van der Waals surface area contributed by atoms with Gasteiger partial charge in [-0.3, -0.25) is 4.98 Å². The van der Waals surface area contributed by atoms with Gasteiger partial charge in [0.2, 0.25) is 0 Å². The molecule has 0 radical (unpaired) electrons. The van der Waals surface area contributed by atoms with Crippen LogP contribution >= 0.6 is 11.6 Å². The first-order chi connectivity index (χ1) is 16.0. The maximum absolute atomic E-state index is 12.0. The van der Waals surface area contributed by atoms with E-state index in [1.165, 1.54) is 18.4 Å². The predicted molar refractivity (Wildman–Crippen MR) is 138 cm³/mol. The Labute approximate surface area is 204 Å². The first-order valence-electron chi connectivity index (χ1n) is 11.7. The normalized spacial score (nSPS) is 14.2. The van der Waals surface area contributed by atoms with Crippen LogP contribution in [0.3, 0.4) is 0 Å². The quantitative estimate of drug-likeness (QED) is 0.500. The molecule has 1 fully saturated rings. The predicted octanol–water partition coefficient (Wildman–Crippen LogP) is 6.79. The van der Waals surface area contributed by atoms with E-state index in [0.717, 1.165) is 31.2 Å². The van der Waals surface area contributed by atoms with Crippen LogP contribution in [0.5, 0.6) is 0 Å². The minimum atomic E-state index is -0.219. The fourth-order valence-corrected chi connectivity index (χ4v) is 4.03. The Morgan fingerprint density at radius 2 is 1.88 bits per heavy atom. The molecular formula is C27H39ClN2O3. The lowest BCUT2D eigenvalue weighted by Crippen LogP contribution is -2.40. The maximum Gasteiger partial charge on any atom is 0.409 e. The first kappa shape index (κ1) is 28.7. The van der Waals surface area contributed by atoms with Crippen molar-refractivity contribution >= 4 is 23.8 Å². The number of carbonyl (C=O) groups excluding carboxylic acids is 1. The molecule has 0 aliphatic carbocycles. The third kappa shape index (κ3) is 8.82. The monoisotopic (exact) mass is 474 g/mol. The minimum Gasteiger partial charge on any atom is -0.450 e. The van der Waals surface area contributed by atoms with Crippen molar-refractivity contribution in [2.75, 3.05) is 26.8 Å². The van der Waals surface area contributed by atoms with Crippen molar-refractivity contribution in [1.82, 2.24) is 9.88 Å². The van der Waals surface area contributed by atoms with Gasteiger partial charge in [-0.15, -0.1) is 0 Å². The zero-order valence-corrected chi connectivity index (χ0v) is 21.2. The number of rotatable bonds is 6. The van der Waals surface area contributed by atoms with Crippen molar-refractivity contribution < 1.29 is 14.6 Å². The van der Waals surface area contributed by atoms with E-state index in [1.807, 2.05) is 43.5 Å². The molecule has 6 heteroatoms. The second-order valence-electron chi connectivity index (χ2n) is 7.73. The van der Waals surface area contributed by atoms with Crippen LogP contribution in [-0.2, 0) is 4.74 Å². The van der Waals surface area contributed by atoms with Gasteiger partial charge in [0.1, 0.15) is 0 Å². The zero-order valence-electron chi connectivity index (χ0n) is 20.5. The molecule has 1 atom stereocenters. The number of amides is 1. The van der Waals surface area contributed by atoms with E-state index in [4.69, 9.17) is 21.4 Å². The molecule has 2 aromatic rings. The molecule has 1 aromatic heterocycles. The van der Waals surface area contributed by atoms with Crippen molar-refractivity contribution in [1.29, 1.82) is 0 Å². The number of hydrogen-bond acceptors (Lipinski definition) is 4. The molecule has 1 aromatic carbocycles. The Bertz CT molecular complexity index is 819. The number of aliphatic hydroxyl groups excluding tert-OH is 1. The van der Waals surface area contributed by atoms with Crippen molar-refractivity contribution in [3.63, 3.8) is 0 Å². The van der Waals surface area contributed by atoms with Crippen LogP contribution < -0.4 is 0 Å². The van der Waals surface area contributed by atoms with Crippen molar-refractivity contribution in [2.45, 2.75) is 52.4 Å². The highest BCUT2D eigenvalue weighted by atomic mass is 35.5. The fourth-order valence-electron chi connectivity index (χ4n) is 3.85. The number of aliphatic hydroxyl groups is 1. The molecule has 1 aliphatic rings. The lowest BCUT2D eigenvalue weighted by molar-refractivity contribution is 0.0900. The summed E-state index contributed by atoms with van der Waals surface area (Å²) in [6.07, 6.45) is 7.91. The Kier molecular flexibility index (Phi) is 14.1. The van der Waals surface area contributed by atoms with E-state index < -0.39 is 0 Å². The smallest absolute Gasteiger partial charge is 0.409 e.